The van der Waals surface area contributed by atoms with Crippen LogP contribution in [-0.2, 0) is 6.42 Å². The maximum Gasteiger partial charge on any atom is 0.263 e. The Hall–Kier alpha value is -0.980. The van der Waals surface area contributed by atoms with Crippen LogP contribution in [0.1, 0.15) is 41.6 Å². The maximum absolute atomic E-state index is 12.0. The van der Waals surface area contributed by atoms with Crippen molar-refractivity contribution in [2.45, 2.75) is 38.7 Å². The van der Waals surface area contributed by atoms with Gasteiger partial charge in [-0.2, -0.15) is 0 Å². The molecule has 6 heteroatoms. The van der Waals surface area contributed by atoms with Gasteiger partial charge in [-0.05, 0) is 32.2 Å². The van der Waals surface area contributed by atoms with Gasteiger partial charge in [-0.25, -0.2) is 4.98 Å². The van der Waals surface area contributed by atoms with Gasteiger partial charge in [-0.15, -0.1) is 11.3 Å². The van der Waals surface area contributed by atoms with E-state index >= 15 is 0 Å². The van der Waals surface area contributed by atoms with Gasteiger partial charge in [0.2, 0.25) is 0 Å². The molecule has 1 aliphatic heterocycles. The number of amides is 1. The molecule has 1 aromatic heterocycles. The van der Waals surface area contributed by atoms with Crippen molar-refractivity contribution in [2.75, 3.05) is 26.2 Å². The zero-order chi connectivity index (χ0) is 14.4. The summed E-state index contributed by atoms with van der Waals surface area (Å²) in [5, 5.41) is 12.4. The number of hydrogen-bond acceptors (Lipinski definition) is 5. The Labute approximate surface area is 124 Å². The van der Waals surface area contributed by atoms with E-state index in [1.807, 2.05) is 6.92 Å². The highest BCUT2D eigenvalue weighted by atomic mass is 32.1. The van der Waals surface area contributed by atoms with E-state index in [1.54, 1.807) is 5.51 Å². The summed E-state index contributed by atoms with van der Waals surface area (Å²) in [4.78, 5) is 19.3. The first-order valence-corrected chi connectivity index (χ1v) is 8.19. The Balaban J connectivity index is 1.65. The van der Waals surface area contributed by atoms with E-state index in [0.29, 0.717) is 6.54 Å². The Morgan fingerprint density at radius 1 is 1.55 bits per heavy atom. The Morgan fingerprint density at radius 2 is 2.30 bits per heavy atom. The fourth-order valence-corrected chi connectivity index (χ4v) is 3.23. The summed E-state index contributed by atoms with van der Waals surface area (Å²) < 4.78 is 0. The number of likely N-dealkylation sites (tertiary alicyclic amines) is 1. The van der Waals surface area contributed by atoms with Gasteiger partial charge in [0.05, 0.1) is 17.3 Å². The van der Waals surface area contributed by atoms with Crippen LogP contribution in [0.4, 0.5) is 0 Å². The van der Waals surface area contributed by atoms with Crippen molar-refractivity contribution in [3.63, 3.8) is 0 Å². The van der Waals surface area contributed by atoms with Gasteiger partial charge in [0.25, 0.3) is 5.91 Å². The molecule has 1 amide bonds. The molecule has 2 rings (SSSR count). The van der Waals surface area contributed by atoms with Crippen LogP contribution in [-0.4, -0.2) is 53.2 Å². The smallest absolute Gasteiger partial charge is 0.263 e. The second-order valence-corrected chi connectivity index (χ2v) is 6.02. The van der Waals surface area contributed by atoms with E-state index < -0.39 is 0 Å². The van der Waals surface area contributed by atoms with Crippen molar-refractivity contribution < 1.29 is 9.90 Å². The average molecular weight is 297 g/mol. The summed E-state index contributed by atoms with van der Waals surface area (Å²) in [5.41, 5.74) is 2.62. The molecule has 20 heavy (non-hydrogen) atoms. The minimum atomic E-state index is -0.121. The van der Waals surface area contributed by atoms with Crippen LogP contribution in [0.15, 0.2) is 5.51 Å². The summed E-state index contributed by atoms with van der Waals surface area (Å²) >= 11 is 1.41. The first-order chi connectivity index (χ1) is 9.70. The van der Waals surface area contributed by atoms with E-state index in [-0.39, 0.29) is 12.0 Å². The van der Waals surface area contributed by atoms with Crippen LogP contribution in [0.3, 0.4) is 0 Å². The zero-order valence-electron chi connectivity index (χ0n) is 12.0. The molecule has 0 unspecified atom stereocenters. The maximum atomic E-state index is 12.0. The van der Waals surface area contributed by atoms with Gasteiger partial charge in [0.15, 0.2) is 0 Å². The number of aliphatic hydroxyl groups excluding tert-OH is 1. The molecular weight excluding hydrogens is 274 g/mol. The summed E-state index contributed by atoms with van der Waals surface area (Å²) in [7, 11) is 0. The molecule has 2 heterocycles. The third-order valence-electron chi connectivity index (χ3n) is 3.68. The summed E-state index contributed by atoms with van der Waals surface area (Å²) in [6.45, 7) is 5.61. The molecule has 1 aromatic rings. The van der Waals surface area contributed by atoms with Gasteiger partial charge >= 0.3 is 0 Å². The lowest BCUT2D eigenvalue weighted by molar-refractivity contribution is 0.0816. The number of aliphatic hydroxyl groups is 1. The summed E-state index contributed by atoms with van der Waals surface area (Å²) in [5.74, 6) is -0.00147. The second kappa shape index (κ2) is 7.71. The number of nitrogens with one attached hydrogen (secondary N) is 1. The van der Waals surface area contributed by atoms with Gasteiger partial charge in [-0.1, -0.05) is 6.92 Å². The van der Waals surface area contributed by atoms with Crippen molar-refractivity contribution in [3.8, 4) is 0 Å². The minimum Gasteiger partial charge on any atom is -0.393 e. The quantitative estimate of drug-likeness (QED) is 0.776. The lowest BCUT2D eigenvalue weighted by Gasteiger charge is -2.29. The molecule has 0 aromatic carbocycles. The number of hydrogen-bond donors (Lipinski definition) is 2. The van der Waals surface area contributed by atoms with Gasteiger partial charge in [0, 0.05) is 19.6 Å². The van der Waals surface area contributed by atoms with Crippen LogP contribution in [0.25, 0.3) is 0 Å². The lowest BCUT2D eigenvalue weighted by atomic mass is 10.1. The SMILES string of the molecule is CCc1ncsc1C(=O)NCCCN1CCC(O)CC1. The molecule has 1 aliphatic rings. The zero-order valence-corrected chi connectivity index (χ0v) is 12.8. The number of nitrogens with zero attached hydrogens (tertiary/aromatic N) is 2. The molecule has 112 valence electrons. The van der Waals surface area contributed by atoms with Gasteiger partial charge < -0.3 is 15.3 Å². The Kier molecular flexibility index (Phi) is 5.94. The summed E-state index contributed by atoms with van der Waals surface area (Å²) in [6, 6.07) is 0. The molecule has 0 atom stereocenters. The number of carbonyl (C=O) groups is 1. The second-order valence-electron chi connectivity index (χ2n) is 5.16. The molecule has 1 fully saturated rings. The predicted molar refractivity (Wildman–Crippen MR) is 80.1 cm³/mol. The number of rotatable bonds is 6. The van der Waals surface area contributed by atoms with Gasteiger partial charge in [0.1, 0.15) is 4.88 Å². The fraction of sp³-hybridized carbons (Fsp3) is 0.714. The highest BCUT2D eigenvalue weighted by molar-refractivity contribution is 7.11. The number of piperidine rings is 1. The minimum absolute atomic E-state index is 0.00147. The Bertz CT molecular complexity index is 428. The third kappa shape index (κ3) is 4.26. The van der Waals surface area contributed by atoms with E-state index in [1.165, 1.54) is 11.3 Å². The fourth-order valence-electron chi connectivity index (χ4n) is 2.43. The molecule has 1 saturated heterocycles. The predicted octanol–water partition coefficient (Wildman–Crippen LogP) is 1.28. The topological polar surface area (TPSA) is 65.5 Å². The number of carbonyl (C=O) groups excluding carboxylic acids is 1. The first kappa shape index (κ1) is 15.4. The van der Waals surface area contributed by atoms with Crippen molar-refractivity contribution in [1.29, 1.82) is 0 Å². The summed E-state index contributed by atoms with van der Waals surface area (Å²) in [6.07, 6.45) is 3.36. The molecule has 0 radical (unpaired) electrons. The van der Waals surface area contributed by atoms with E-state index in [0.717, 1.165) is 55.9 Å². The Morgan fingerprint density at radius 3 is 3.00 bits per heavy atom. The van der Waals surface area contributed by atoms with Crippen LogP contribution in [0.2, 0.25) is 0 Å². The molecule has 0 aliphatic carbocycles. The van der Waals surface area contributed by atoms with Crippen LogP contribution in [0, 0.1) is 0 Å². The normalized spacial score (nSPS) is 17.3. The largest absolute Gasteiger partial charge is 0.393 e. The number of aromatic nitrogens is 1. The highest BCUT2D eigenvalue weighted by Crippen LogP contribution is 2.13. The standard InChI is InChI=1S/C14H23N3O2S/c1-2-12-13(20-10-16-12)14(19)15-6-3-7-17-8-4-11(18)5-9-17/h10-11,18H,2-9H2,1H3,(H,15,19). The first-order valence-electron chi connectivity index (χ1n) is 7.31. The van der Waals surface area contributed by atoms with Crippen molar-refractivity contribution in [1.82, 2.24) is 15.2 Å². The van der Waals surface area contributed by atoms with Crippen LogP contribution in [0.5, 0.6) is 0 Å². The monoisotopic (exact) mass is 297 g/mol. The van der Waals surface area contributed by atoms with Crippen molar-refractivity contribution in [3.05, 3.63) is 16.1 Å². The average Bonchev–Trinajstić information content (AvgIpc) is 2.94. The van der Waals surface area contributed by atoms with Crippen molar-refractivity contribution >= 4 is 17.2 Å². The van der Waals surface area contributed by atoms with Crippen LogP contribution >= 0.6 is 11.3 Å². The molecule has 0 saturated carbocycles. The van der Waals surface area contributed by atoms with E-state index in [4.69, 9.17) is 0 Å². The number of thiazole rings is 1. The molecule has 5 nitrogen and oxygen atoms in total. The van der Waals surface area contributed by atoms with Gasteiger partial charge in [-0.3, -0.25) is 4.79 Å². The number of aryl methyl sites for hydroxylation is 1. The molecular formula is C14H23N3O2S. The van der Waals surface area contributed by atoms with E-state index in [2.05, 4.69) is 15.2 Å². The molecule has 2 N–H and O–H groups in total. The van der Waals surface area contributed by atoms with Crippen molar-refractivity contribution in [2.24, 2.45) is 0 Å². The lowest BCUT2D eigenvalue weighted by Crippen LogP contribution is -2.37. The molecule has 0 bridgehead atoms. The van der Waals surface area contributed by atoms with E-state index in [9.17, 15) is 9.90 Å². The third-order valence-corrected chi connectivity index (χ3v) is 4.54. The van der Waals surface area contributed by atoms with Crippen LogP contribution < -0.4 is 5.32 Å². The highest BCUT2D eigenvalue weighted by Gasteiger charge is 2.16. The molecule has 0 spiro atoms.